The van der Waals surface area contributed by atoms with Crippen molar-refractivity contribution in [3.63, 3.8) is 0 Å². The molecular weight excluding hydrogens is 165 g/mol. The fraction of sp³-hybridized carbons (Fsp3) is 0.100. The Kier molecular flexibility index (Phi) is 1.82. The normalized spacial score (nSPS) is 10.5. The van der Waals surface area contributed by atoms with Gasteiger partial charge in [0.15, 0.2) is 0 Å². The second-order valence-electron chi connectivity index (χ2n) is 2.90. The zero-order valence-electron chi connectivity index (χ0n) is 6.91. The molecule has 1 unspecified atom stereocenters. The summed E-state index contributed by atoms with van der Waals surface area (Å²) in [4.78, 5) is 4.41. The lowest BCUT2D eigenvalue weighted by Crippen LogP contribution is -1.90. The van der Waals surface area contributed by atoms with E-state index in [4.69, 9.17) is 0 Å². The molecule has 1 atom stereocenters. The molecule has 0 aliphatic carbocycles. The van der Waals surface area contributed by atoms with Gasteiger partial charge in [-0.05, 0) is 30.4 Å². The molecule has 0 amide bonds. The van der Waals surface area contributed by atoms with Gasteiger partial charge in [-0.15, -0.1) is 9.24 Å². The summed E-state index contributed by atoms with van der Waals surface area (Å²) in [5.74, 6) is 0. The molecule has 1 nitrogen and oxygen atoms in total. The van der Waals surface area contributed by atoms with Crippen LogP contribution in [0.2, 0.25) is 0 Å². The molecule has 12 heavy (non-hydrogen) atoms. The van der Waals surface area contributed by atoms with Gasteiger partial charge in [0, 0.05) is 11.1 Å². The van der Waals surface area contributed by atoms with E-state index in [1.54, 1.807) is 0 Å². The fourth-order valence-corrected chi connectivity index (χ4v) is 1.52. The van der Waals surface area contributed by atoms with Crippen LogP contribution in [0.5, 0.6) is 0 Å². The number of nitrogens with zero attached hydrogens (tertiary/aromatic N) is 1. The smallest absolute Gasteiger partial charge is 0.0705 e. The third kappa shape index (κ3) is 1.33. The average molecular weight is 175 g/mol. The van der Waals surface area contributed by atoms with Crippen molar-refractivity contribution in [2.75, 3.05) is 0 Å². The highest BCUT2D eigenvalue weighted by Crippen LogP contribution is 2.11. The minimum Gasteiger partial charge on any atom is -0.253 e. The summed E-state index contributed by atoms with van der Waals surface area (Å²) in [7, 11) is 2.69. The number of benzene rings is 1. The van der Waals surface area contributed by atoms with Gasteiger partial charge in [0.1, 0.15) is 0 Å². The van der Waals surface area contributed by atoms with E-state index < -0.39 is 0 Å². The molecule has 0 aliphatic rings. The Hall–Kier alpha value is -0.940. The summed E-state index contributed by atoms with van der Waals surface area (Å²) in [6.07, 6.45) is 0. The molecule has 1 aromatic carbocycles. The predicted octanol–water partition coefficient (Wildman–Crippen LogP) is 2.04. The molecule has 0 bridgehead atoms. The largest absolute Gasteiger partial charge is 0.253 e. The second-order valence-corrected chi connectivity index (χ2v) is 3.57. The van der Waals surface area contributed by atoms with E-state index in [9.17, 15) is 0 Å². The van der Waals surface area contributed by atoms with Crippen molar-refractivity contribution in [3.8, 4) is 0 Å². The van der Waals surface area contributed by atoms with E-state index >= 15 is 0 Å². The molecule has 60 valence electrons. The van der Waals surface area contributed by atoms with Crippen LogP contribution < -0.4 is 5.30 Å². The molecule has 1 aromatic heterocycles. The first-order valence-electron chi connectivity index (χ1n) is 3.88. The van der Waals surface area contributed by atoms with Gasteiger partial charge in [-0.2, -0.15) is 0 Å². The first kappa shape index (κ1) is 7.70. The summed E-state index contributed by atoms with van der Waals surface area (Å²) in [5.41, 5.74) is 2.14. The van der Waals surface area contributed by atoms with Gasteiger partial charge in [-0.1, -0.05) is 12.1 Å². The molecular formula is C10H10NP. The molecule has 0 saturated carbocycles. The summed E-state index contributed by atoms with van der Waals surface area (Å²) in [6.45, 7) is 2.01. The van der Waals surface area contributed by atoms with Gasteiger partial charge in [0.25, 0.3) is 0 Å². The van der Waals surface area contributed by atoms with Crippen molar-refractivity contribution < 1.29 is 0 Å². The van der Waals surface area contributed by atoms with E-state index in [2.05, 4.69) is 32.4 Å². The highest BCUT2D eigenvalue weighted by atomic mass is 31.0. The van der Waals surface area contributed by atoms with Crippen LogP contribution in [0.4, 0.5) is 0 Å². The van der Waals surface area contributed by atoms with E-state index in [0.29, 0.717) is 0 Å². The van der Waals surface area contributed by atoms with Crippen molar-refractivity contribution in [1.29, 1.82) is 0 Å². The molecule has 0 saturated heterocycles. The van der Waals surface area contributed by atoms with Crippen LogP contribution >= 0.6 is 9.24 Å². The molecule has 1 heterocycles. The van der Waals surface area contributed by atoms with E-state index in [0.717, 1.165) is 11.2 Å². The maximum atomic E-state index is 4.41. The van der Waals surface area contributed by atoms with Crippen LogP contribution in [0.25, 0.3) is 10.9 Å². The molecule has 0 spiro atoms. The topological polar surface area (TPSA) is 12.9 Å². The second kappa shape index (κ2) is 2.84. The molecule has 2 heteroatoms. The lowest BCUT2D eigenvalue weighted by molar-refractivity contribution is 1.26. The van der Waals surface area contributed by atoms with Crippen molar-refractivity contribution in [3.05, 3.63) is 36.0 Å². The van der Waals surface area contributed by atoms with Gasteiger partial charge in [0.2, 0.25) is 0 Å². The van der Waals surface area contributed by atoms with Crippen molar-refractivity contribution >= 4 is 25.4 Å². The number of hydrogen-bond donors (Lipinski definition) is 0. The monoisotopic (exact) mass is 175 g/mol. The maximum Gasteiger partial charge on any atom is 0.0705 e. The minimum absolute atomic E-state index is 1.07. The van der Waals surface area contributed by atoms with Crippen molar-refractivity contribution in [2.24, 2.45) is 0 Å². The van der Waals surface area contributed by atoms with Gasteiger partial charge in [-0.3, -0.25) is 4.98 Å². The van der Waals surface area contributed by atoms with Crippen molar-refractivity contribution in [1.82, 2.24) is 4.98 Å². The van der Waals surface area contributed by atoms with Crippen LogP contribution in [0.1, 0.15) is 5.69 Å². The number of aromatic nitrogens is 1. The Morgan fingerprint density at radius 2 is 2.00 bits per heavy atom. The van der Waals surface area contributed by atoms with Crippen LogP contribution in [0.3, 0.4) is 0 Å². The lowest BCUT2D eigenvalue weighted by atomic mass is 10.2. The lowest BCUT2D eigenvalue weighted by Gasteiger charge is -1.98. The van der Waals surface area contributed by atoms with Crippen LogP contribution in [-0.2, 0) is 0 Å². The Morgan fingerprint density at radius 3 is 2.83 bits per heavy atom. The molecule has 0 radical (unpaired) electrons. The number of rotatable bonds is 0. The molecule has 2 rings (SSSR count). The van der Waals surface area contributed by atoms with E-state index in [1.165, 1.54) is 10.7 Å². The highest BCUT2D eigenvalue weighted by Gasteiger charge is 1.94. The first-order chi connectivity index (χ1) is 5.75. The maximum absolute atomic E-state index is 4.41. The third-order valence-electron chi connectivity index (χ3n) is 1.85. The standard InChI is InChI=1S/C10H10NP/c1-7-2-3-8-6-9(12)4-5-10(8)11-7/h2-6H,12H2,1H3. The van der Waals surface area contributed by atoms with E-state index in [1.807, 2.05) is 19.1 Å². The highest BCUT2D eigenvalue weighted by molar-refractivity contribution is 7.27. The zero-order valence-corrected chi connectivity index (χ0v) is 8.07. The molecule has 0 N–H and O–H groups in total. The number of hydrogen-bond acceptors (Lipinski definition) is 1. The quantitative estimate of drug-likeness (QED) is 0.558. The number of aryl methyl sites for hydroxylation is 1. The SMILES string of the molecule is Cc1ccc2cc(P)ccc2n1. The Morgan fingerprint density at radius 1 is 1.17 bits per heavy atom. The summed E-state index contributed by atoms with van der Waals surface area (Å²) < 4.78 is 0. The fourth-order valence-electron chi connectivity index (χ4n) is 1.25. The van der Waals surface area contributed by atoms with Crippen LogP contribution in [0, 0.1) is 6.92 Å². The Balaban J connectivity index is 2.79. The van der Waals surface area contributed by atoms with Crippen LogP contribution in [0.15, 0.2) is 30.3 Å². The zero-order chi connectivity index (χ0) is 8.55. The minimum atomic E-state index is 1.07. The third-order valence-corrected chi connectivity index (χ3v) is 2.21. The summed E-state index contributed by atoms with van der Waals surface area (Å²) in [6, 6.07) is 10.4. The van der Waals surface area contributed by atoms with Crippen molar-refractivity contribution in [2.45, 2.75) is 6.92 Å². The molecule has 0 fully saturated rings. The first-order valence-corrected chi connectivity index (χ1v) is 4.46. The van der Waals surface area contributed by atoms with Gasteiger partial charge in [-0.25, -0.2) is 0 Å². The molecule has 2 aromatic rings. The summed E-state index contributed by atoms with van der Waals surface area (Å²) >= 11 is 0. The number of fused-ring (bicyclic) bond motifs is 1. The van der Waals surface area contributed by atoms with Gasteiger partial charge >= 0.3 is 0 Å². The molecule has 0 aliphatic heterocycles. The van der Waals surface area contributed by atoms with Gasteiger partial charge < -0.3 is 0 Å². The van der Waals surface area contributed by atoms with Gasteiger partial charge in [0.05, 0.1) is 5.52 Å². The average Bonchev–Trinajstić information content (AvgIpc) is 2.05. The Bertz CT molecular complexity index is 382. The van der Waals surface area contributed by atoms with Crippen LogP contribution in [-0.4, -0.2) is 4.98 Å². The summed E-state index contributed by atoms with van der Waals surface area (Å²) in [5, 5.41) is 2.40. The Labute approximate surface area is 74.0 Å². The van der Waals surface area contributed by atoms with E-state index in [-0.39, 0.29) is 0 Å². The predicted molar refractivity (Wildman–Crippen MR) is 55.8 cm³/mol. The number of pyridine rings is 1.